The lowest BCUT2D eigenvalue weighted by Gasteiger charge is -2.45. The summed E-state index contributed by atoms with van der Waals surface area (Å²) in [5.41, 5.74) is 0.0449. The zero-order chi connectivity index (χ0) is 28.3. The molecule has 1 unspecified atom stereocenters. The number of benzene rings is 2. The topological polar surface area (TPSA) is 124 Å². The molecule has 11 heteroatoms. The van der Waals surface area contributed by atoms with Crippen LogP contribution in [0.2, 0.25) is 0 Å². The van der Waals surface area contributed by atoms with Crippen LogP contribution in [0.4, 0.5) is 0 Å². The zero-order valence-electron chi connectivity index (χ0n) is 21.9. The molecule has 1 saturated heterocycles. The Morgan fingerprint density at radius 2 is 1.46 bits per heavy atom. The number of carbonyl (C=O) groups is 4. The van der Waals surface area contributed by atoms with Crippen molar-refractivity contribution in [2.24, 2.45) is 0 Å². The van der Waals surface area contributed by atoms with Gasteiger partial charge in [0.2, 0.25) is 0 Å². The summed E-state index contributed by atoms with van der Waals surface area (Å²) in [7, 11) is 0. The van der Waals surface area contributed by atoms with Crippen LogP contribution in [0, 0.1) is 0 Å². The maximum atomic E-state index is 12.2. The molecule has 39 heavy (non-hydrogen) atoms. The predicted octanol–water partition coefficient (Wildman–Crippen LogP) is 3.97. The zero-order valence-corrected chi connectivity index (χ0v) is 23.5. The van der Waals surface area contributed by atoms with Crippen molar-refractivity contribution in [1.82, 2.24) is 0 Å². The molecular formula is C28H29BrO10. The summed E-state index contributed by atoms with van der Waals surface area (Å²) < 4.78 is 35.4. The van der Waals surface area contributed by atoms with Gasteiger partial charge in [-0.3, -0.25) is 19.2 Å². The van der Waals surface area contributed by atoms with Crippen LogP contribution in [0.3, 0.4) is 0 Å². The lowest BCUT2D eigenvalue weighted by molar-refractivity contribution is -0.263. The highest BCUT2D eigenvalue weighted by molar-refractivity contribution is 9.10. The van der Waals surface area contributed by atoms with Crippen LogP contribution in [0.15, 0.2) is 53.0 Å². The quantitative estimate of drug-likeness (QED) is 0.323. The highest BCUT2D eigenvalue weighted by Gasteiger charge is 2.73. The van der Waals surface area contributed by atoms with Crippen molar-refractivity contribution in [3.05, 3.63) is 64.1 Å². The molecule has 2 aliphatic rings. The second kappa shape index (κ2) is 11.7. The predicted molar refractivity (Wildman–Crippen MR) is 138 cm³/mol. The molecule has 2 aromatic rings. The molecule has 208 valence electrons. The number of ether oxygens (including phenoxy) is 6. The van der Waals surface area contributed by atoms with Crippen molar-refractivity contribution in [2.75, 3.05) is 0 Å². The van der Waals surface area contributed by atoms with Gasteiger partial charge in [-0.2, -0.15) is 0 Å². The standard InChI is InChI=1S/C28H29BrO10/c1-15(30)35-23-13-28(23)27(38-18(4)33)26(37-17(3)32)25(36-16(2)31)24(39-28)19-10-11-22(29)20(12-19)14-34-21-8-6-5-7-9-21/h5-12,23-27H,13-14H2,1-4H3/t23?,24-,25-,26+,27-,28-/m0/s1. The fourth-order valence-corrected chi connectivity index (χ4v) is 5.15. The number of rotatable bonds is 8. The number of hydrogen-bond donors (Lipinski definition) is 0. The van der Waals surface area contributed by atoms with E-state index in [0.717, 1.165) is 10.0 Å². The van der Waals surface area contributed by atoms with Crippen LogP contribution in [0.1, 0.15) is 51.3 Å². The van der Waals surface area contributed by atoms with Crippen LogP contribution in [-0.2, 0) is 49.5 Å². The molecule has 1 saturated carbocycles. The highest BCUT2D eigenvalue weighted by atomic mass is 79.9. The summed E-state index contributed by atoms with van der Waals surface area (Å²) in [4.78, 5) is 48.2. The van der Waals surface area contributed by atoms with Gasteiger partial charge in [-0.05, 0) is 29.8 Å². The van der Waals surface area contributed by atoms with Crippen LogP contribution in [-0.4, -0.2) is 53.9 Å². The van der Waals surface area contributed by atoms with Gasteiger partial charge in [0.15, 0.2) is 23.9 Å². The monoisotopic (exact) mass is 604 g/mol. The van der Waals surface area contributed by atoms with E-state index in [1.54, 1.807) is 12.1 Å². The van der Waals surface area contributed by atoms with Gasteiger partial charge >= 0.3 is 23.9 Å². The average molecular weight is 605 g/mol. The summed E-state index contributed by atoms with van der Waals surface area (Å²) in [6.07, 6.45) is -5.15. The van der Waals surface area contributed by atoms with Crippen LogP contribution in [0.25, 0.3) is 0 Å². The van der Waals surface area contributed by atoms with Gasteiger partial charge in [-0.1, -0.05) is 40.2 Å². The van der Waals surface area contributed by atoms with E-state index in [0.29, 0.717) is 11.3 Å². The van der Waals surface area contributed by atoms with Crippen molar-refractivity contribution in [1.29, 1.82) is 0 Å². The van der Waals surface area contributed by atoms with Crippen LogP contribution < -0.4 is 4.74 Å². The number of esters is 4. The first kappa shape index (κ1) is 28.6. The fourth-order valence-electron chi connectivity index (χ4n) is 4.79. The van der Waals surface area contributed by atoms with Crippen LogP contribution >= 0.6 is 15.9 Å². The summed E-state index contributed by atoms with van der Waals surface area (Å²) >= 11 is 3.55. The maximum Gasteiger partial charge on any atom is 0.303 e. The average Bonchev–Trinajstić information content (AvgIpc) is 3.53. The van der Waals surface area contributed by atoms with E-state index in [2.05, 4.69) is 15.9 Å². The molecule has 0 N–H and O–H groups in total. The third-order valence-electron chi connectivity index (χ3n) is 6.38. The first-order valence-electron chi connectivity index (χ1n) is 12.3. The Balaban J connectivity index is 1.74. The second-order valence-corrected chi connectivity index (χ2v) is 10.3. The Hall–Kier alpha value is -3.44. The molecule has 1 spiro atoms. The van der Waals surface area contributed by atoms with Gasteiger partial charge < -0.3 is 28.4 Å². The first-order valence-corrected chi connectivity index (χ1v) is 13.1. The largest absolute Gasteiger partial charge is 0.489 e. The minimum Gasteiger partial charge on any atom is -0.489 e. The molecule has 0 aromatic heterocycles. The minimum atomic E-state index is -1.31. The van der Waals surface area contributed by atoms with Gasteiger partial charge in [0.25, 0.3) is 0 Å². The minimum absolute atomic E-state index is 0.187. The summed E-state index contributed by atoms with van der Waals surface area (Å²) in [6.45, 7) is 5.08. The third kappa shape index (κ3) is 6.59. The SMILES string of the molecule is CC(=O)OC1C[C@]12O[C@@H](c1ccc(Br)c(COc3ccccc3)c1)[C@H](OC(C)=O)[C@@H](OC(C)=O)[C@@H]2OC(C)=O. The van der Waals surface area contributed by atoms with Gasteiger partial charge in [0, 0.05) is 44.2 Å². The molecule has 1 heterocycles. The maximum absolute atomic E-state index is 12.2. The van der Waals surface area contributed by atoms with Crippen molar-refractivity contribution >= 4 is 39.8 Å². The van der Waals surface area contributed by atoms with E-state index in [4.69, 9.17) is 28.4 Å². The van der Waals surface area contributed by atoms with E-state index in [9.17, 15) is 19.2 Å². The van der Waals surface area contributed by atoms with E-state index in [1.807, 2.05) is 36.4 Å². The Morgan fingerprint density at radius 3 is 2.08 bits per heavy atom. The van der Waals surface area contributed by atoms with E-state index in [-0.39, 0.29) is 13.0 Å². The van der Waals surface area contributed by atoms with E-state index < -0.39 is 60.0 Å². The number of para-hydroxylation sites is 1. The number of halogens is 1. The molecule has 4 rings (SSSR count). The normalized spacial score (nSPS) is 27.3. The molecule has 10 nitrogen and oxygen atoms in total. The van der Waals surface area contributed by atoms with Crippen molar-refractivity contribution in [2.45, 2.75) is 76.8 Å². The first-order chi connectivity index (χ1) is 18.5. The van der Waals surface area contributed by atoms with Crippen molar-refractivity contribution in [3.8, 4) is 5.75 Å². The third-order valence-corrected chi connectivity index (χ3v) is 7.15. The van der Waals surface area contributed by atoms with Gasteiger partial charge in [-0.25, -0.2) is 0 Å². The Morgan fingerprint density at radius 1 is 0.846 bits per heavy atom. The summed E-state index contributed by atoms with van der Waals surface area (Å²) in [5, 5.41) is 0. The second-order valence-electron chi connectivity index (χ2n) is 9.43. The Bertz CT molecular complexity index is 1250. The number of hydrogen-bond acceptors (Lipinski definition) is 10. The van der Waals surface area contributed by atoms with Gasteiger partial charge in [0.1, 0.15) is 24.6 Å². The van der Waals surface area contributed by atoms with Gasteiger partial charge in [0.05, 0.1) is 0 Å². The van der Waals surface area contributed by atoms with E-state index >= 15 is 0 Å². The van der Waals surface area contributed by atoms with Crippen molar-refractivity contribution < 1.29 is 47.6 Å². The summed E-state index contributed by atoms with van der Waals surface area (Å²) in [5.74, 6) is -1.86. The molecule has 2 fully saturated rings. The Kier molecular flexibility index (Phi) is 8.60. The van der Waals surface area contributed by atoms with Crippen molar-refractivity contribution in [3.63, 3.8) is 0 Å². The summed E-state index contributed by atoms with van der Waals surface area (Å²) in [6, 6.07) is 14.7. The molecule has 0 amide bonds. The fraction of sp³-hybridized carbons (Fsp3) is 0.429. The Labute approximate surface area is 234 Å². The molecule has 1 aliphatic carbocycles. The lowest BCUT2D eigenvalue weighted by Crippen LogP contribution is -2.61. The molecule has 2 aromatic carbocycles. The van der Waals surface area contributed by atoms with E-state index in [1.165, 1.54) is 27.7 Å². The molecule has 1 aliphatic heterocycles. The lowest BCUT2D eigenvalue weighted by atomic mass is 9.88. The smallest absolute Gasteiger partial charge is 0.303 e. The molecular weight excluding hydrogens is 576 g/mol. The van der Waals surface area contributed by atoms with Crippen LogP contribution in [0.5, 0.6) is 5.75 Å². The molecule has 0 bridgehead atoms. The number of carbonyl (C=O) groups excluding carboxylic acids is 4. The molecule has 0 radical (unpaired) electrons. The molecule has 6 atom stereocenters. The van der Waals surface area contributed by atoms with Gasteiger partial charge in [-0.15, -0.1) is 0 Å². The highest BCUT2D eigenvalue weighted by Crippen LogP contribution is 2.56.